The Bertz CT molecular complexity index is 785. The first-order valence-corrected chi connectivity index (χ1v) is 9.08. The van der Waals surface area contributed by atoms with E-state index in [0.29, 0.717) is 5.92 Å². The van der Waals surface area contributed by atoms with Gasteiger partial charge in [-0.25, -0.2) is 0 Å². The fourth-order valence-corrected chi connectivity index (χ4v) is 3.74. The van der Waals surface area contributed by atoms with Crippen LogP contribution < -0.4 is 4.74 Å². The van der Waals surface area contributed by atoms with Crippen LogP contribution in [0.4, 0.5) is 0 Å². The number of aryl methyl sites for hydroxylation is 2. The second-order valence-electron chi connectivity index (χ2n) is 7.15. The molecule has 0 spiro atoms. The van der Waals surface area contributed by atoms with Crippen molar-refractivity contribution >= 4 is 5.97 Å². The van der Waals surface area contributed by atoms with Gasteiger partial charge in [0.1, 0.15) is 12.3 Å². The molecule has 2 heterocycles. The SMILES string of the molecule is COc1cc(C)c(CN2CCCC(c3ccn(CC(=O)O)n3)C2)cc1C. The summed E-state index contributed by atoms with van der Waals surface area (Å²) in [4.78, 5) is 13.3. The zero-order chi connectivity index (χ0) is 18.7. The number of hydrogen-bond donors (Lipinski definition) is 1. The van der Waals surface area contributed by atoms with Crippen molar-refractivity contribution in [3.8, 4) is 5.75 Å². The average molecular weight is 357 g/mol. The summed E-state index contributed by atoms with van der Waals surface area (Å²) in [6.45, 7) is 7.08. The number of methoxy groups -OCH3 is 1. The van der Waals surface area contributed by atoms with Gasteiger partial charge in [-0.3, -0.25) is 14.4 Å². The van der Waals surface area contributed by atoms with Crippen LogP contribution in [0.3, 0.4) is 0 Å². The van der Waals surface area contributed by atoms with Gasteiger partial charge in [-0.15, -0.1) is 0 Å². The van der Waals surface area contributed by atoms with E-state index in [1.807, 2.05) is 6.07 Å². The van der Waals surface area contributed by atoms with Gasteiger partial charge in [-0.05, 0) is 62.1 Å². The lowest BCUT2D eigenvalue weighted by Crippen LogP contribution is -2.34. The molecule has 1 N–H and O–H groups in total. The summed E-state index contributed by atoms with van der Waals surface area (Å²) in [6.07, 6.45) is 3.99. The Labute approximate surface area is 154 Å². The van der Waals surface area contributed by atoms with Gasteiger partial charge in [-0.2, -0.15) is 5.10 Å². The smallest absolute Gasteiger partial charge is 0.325 e. The molecule has 2 aromatic rings. The number of aromatic nitrogens is 2. The number of piperidine rings is 1. The predicted octanol–water partition coefficient (Wildman–Crippen LogP) is 2.97. The van der Waals surface area contributed by atoms with Crippen LogP contribution in [0.25, 0.3) is 0 Å². The Morgan fingerprint density at radius 3 is 2.88 bits per heavy atom. The van der Waals surface area contributed by atoms with Crippen molar-refractivity contribution in [2.45, 2.75) is 45.7 Å². The van der Waals surface area contributed by atoms with E-state index in [1.54, 1.807) is 13.3 Å². The third-order valence-electron chi connectivity index (χ3n) is 5.13. The number of benzene rings is 1. The molecule has 0 bridgehead atoms. The van der Waals surface area contributed by atoms with Crippen molar-refractivity contribution in [2.75, 3.05) is 20.2 Å². The fourth-order valence-electron chi connectivity index (χ4n) is 3.74. The van der Waals surface area contributed by atoms with Gasteiger partial charge in [0.2, 0.25) is 0 Å². The van der Waals surface area contributed by atoms with Crippen molar-refractivity contribution in [1.82, 2.24) is 14.7 Å². The normalized spacial score (nSPS) is 18.0. The van der Waals surface area contributed by atoms with Crippen molar-refractivity contribution < 1.29 is 14.6 Å². The van der Waals surface area contributed by atoms with Crippen LogP contribution in [0.1, 0.15) is 41.1 Å². The Balaban J connectivity index is 1.68. The van der Waals surface area contributed by atoms with E-state index in [9.17, 15) is 4.79 Å². The summed E-state index contributed by atoms with van der Waals surface area (Å²) in [5.74, 6) is 0.431. The average Bonchev–Trinajstić information content (AvgIpc) is 3.06. The van der Waals surface area contributed by atoms with Gasteiger partial charge in [0.25, 0.3) is 0 Å². The molecule has 0 saturated carbocycles. The van der Waals surface area contributed by atoms with Crippen LogP contribution in [0.2, 0.25) is 0 Å². The van der Waals surface area contributed by atoms with Crippen molar-refractivity contribution in [2.24, 2.45) is 0 Å². The quantitative estimate of drug-likeness (QED) is 0.861. The van der Waals surface area contributed by atoms with E-state index < -0.39 is 5.97 Å². The number of carboxylic acids is 1. The second kappa shape index (κ2) is 7.91. The topological polar surface area (TPSA) is 67.6 Å². The van der Waals surface area contributed by atoms with Gasteiger partial charge in [-0.1, -0.05) is 6.07 Å². The maximum absolute atomic E-state index is 10.8. The number of carbonyl (C=O) groups is 1. The summed E-state index contributed by atoms with van der Waals surface area (Å²) in [5.41, 5.74) is 4.74. The molecule has 0 aliphatic carbocycles. The maximum Gasteiger partial charge on any atom is 0.325 e. The van der Waals surface area contributed by atoms with Crippen LogP contribution in [0.5, 0.6) is 5.75 Å². The maximum atomic E-state index is 10.8. The van der Waals surface area contributed by atoms with Gasteiger partial charge < -0.3 is 9.84 Å². The molecule has 140 valence electrons. The minimum atomic E-state index is -0.865. The lowest BCUT2D eigenvalue weighted by Gasteiger charge is -2.32. The molecule has 6 heteroatoms. The van der Waals surface area contributed by atoms with E-state index in [0.717, 1.165) is 49.5 Å². The Kier molecular flexibility index (Phi) is 5.61. The second-order valence-corrected chi connectivity index (χ2v) is 7.15. The van der Waals surface area contributed by atoms with Crippen LogP contribution >= 0.6 is 0 Å². The molecule has 0 radical (unpaired) electrons. The minimum Gasteiger partial charge on any atom is -0.496 e. The molecular formula is C20H27N3O3. The van der Waals surface area contributed by atoms with Crippen LogP contribution in [-0.4, -0.2) is 46.0 Å². The number of aliphatic carboxylic acids is 1. The highest BCUT2D eigenvalue weighted by molar-refractivity contribution is 5.66. The lowest BCUT2D eigenvalue weighted by atomic mass is 9.94. The van der Waals surface area contributed by atoms with Crippen LogP contribution in [0, 0.1) is 13.8 Å². The molecule has 0 amide bonds. The lowest BCUT2D eigenvalue weighted by molar-refractivity contribution is -0.137. The molecule has 26 heavy (non-hydrogen) atoms. The molecule has 1 aromatic heterocycles. The molecule has 1 aliphatic heterocycles. The van der Waals surface area contributed by atoms with E-state index in [-0.39, 0.29) is 6.54 Å². The van der Waals surface area contributed by atoms with E-state index in [4.69, 9.17) is 9.84 Å². The van der Waals surface area contributed by atoms with E-state index >= 15 is 0 Å². The number of likely N-dealkylation sites (tertiary alicyclic amines) is 1. The third kappa shape index (κ3) is 4.25. The number of rotatable bonds is 6. The molecular weight excluding hydrogens is 330 g/mol. The fraction of sp³-hybridized carbons (Fsp3) is 0.500. The largest absolute Gasteiger partial charge is 0.496 e. The van der Waals surface area contributed by atoms with E-state index in [1.165, 1.54) is 15.8 Å². The molecule has 6 nitrogen and oxygen atoms in total. The first-order chi connectivity index (χ1) is 12.5. The first kappa shape index (κ1) is 18.5. The highest BCUT2D eigenvalue weighted by Crippen LogP contribution is 2.28. The van der Waals surface area contributed by atoms with Crippen molar-refractivity contribution in [1.29, 1.82) is 0 Å². The van der Waals surface area contributed by atoms with Gasteiger partial charge in [0.05, 0.1) is 12.8 Å². The zero-order valence-corrected chi connectivity index (χ0v) is 15.7. The highest BCUT2D eigenvalue weighted by Gasteiger charge is 2.24. The highest BCUT2D eigenvalue weighted by atomic mass is 16.5. The number of carboxylic acid groups (broad SMARTS) is 1. The summed E-state index contributed by atoms with van der Waals surface area (Å²) in [5, 5.41) is 13.4. The summed E-state index contributed by atoms with van der Waals surface area (Å²) in [6, 6.07) is 6.29. The Hall–Kier alpha value is -2.34. The molecule has 1 atom stereocenters. The molecule has 3 rings (SSSR count). The van der Waals surface area contributed by atoms with Gasteiger partial charge >= 0.3 is 5.97 Å². The number of hydrogen-bond acceptors (Lipinski definition) is 4. The first-order valence-electron chi connectivity index (χ1n) is 9.08. The van der Waals surface area contributed by atoms with Crippen LogP contribution in [0.15, 0.2) is 24.4 Å². The molecule has 1 aromatic carbocycles. The number of nitrogens with zero attached hydrogens (tertiary/aromatic N) is 3. The Morgan fingerprint density at radius 2 is 2.15 bits per heavy atom. The predicted molar refractivity (Wildman–Crippen MR) is 99.6 cm³/mol. The van der Waals surface area contributed by atoms with E-state index in [2.05, 4.69) is 36.0 Å². The van der Waals surface area contributed by atoms with Crippen molar-refractivity contribution in [3.63, 3.8) is 0 Å². The van der Waals surface area contributed by atoms with Gasteiger partial charge in [0.15, 0.2) is 0 Å². The molecule has 1 fully saturated rings. The summed E-state index contributed by atoms with van der Waals surface area (Å²) < 4.78 is 6.92. The third-order valence-corrected chi connectivity index (χ3v) is 5.13. The number of ether oxygens (including phenoxy) is 1. The zero-order valence-electron chi connectivity index (χ0n) is 15.7. The monoisotopic (exact) mass is 357 g/mol. The van der Waals surface area contributed by atoms with Crippen molar-refractivity contribution in [3.05, 3.63) is 46.8 Å². The van der Waals surface area contributed by atoms with Crippen LogP contribution in [-0.2, 0) is 17.9 Å². The molecule has 1 saturated heterocycles. The Morgan fingerprint density at radius 1 is 1.35 bits per heavy atom. The summed E-state index contributed by atoms with van der Waals surface area (Å²) >= 11 is 0. The minimum absolute atomic E-state index is 0.0826. The standard InChI is InChI=1S/C20H27N3O3/c1-14-10-19(26-3)15(2)9-17(14)12-22-7-4-5-16(11-22)18-6-8-23(21-18)13-20(24)25/h6,8-10,16H,4-5,7,11-13H2,1-3H3,(H,24,25). The van der Waals surface area contributed by atoms with Gasteiger partial charge in [0, 0.05) is 25.2 Å². The molecule has 1 aliphatic rings. The summed E-state index contributed by atoms with van der Waals surface area (Å²) in [7, 11) is 1.71. The molecule has 1 unspecified atom stereocenters.